The maximum atomic E-state index is 14.2. The predicted molar refractivity (Wildman–Crippen MR) is 113 cm³/mol. The number of amides is 1. The number of carbonyl (C=O) groups is 1. The van der Waals surface area contributed by atoms with Crippen molar-refractivity contribution in [2.75, 3.05) is 32.6 Å². The molecular formula is C21H27FN2O5S. The Bertz CT molecular complexity index is 957. The van der Waals surface area contributed by atoms with E-state index in [0.717, 1.165) is 10.4 Å². The van der Waals surface area contributed by atoms with E-state index < -0.39 is 33.2 Å². The summed E-state index contributed by atoms with van der Waals surface area (Å²) in [7, 11) is -1.23. The number of nitrogens with one attached hydrogen (secondary N) is 1. The van der Waals surface area contributed by atoms with Gasteiger partial charge in [-0.2, -0.15) is 4.31 Å². The minimum atomic E-state index is -4.19. The number of methoxy groups -OCH3 is 2. The van der Waals surface area contributed by atoms with Crippen molar-refractivity contribution in [3.05, 3.63) is 48.3 Å². The fourth-order valence-electron chi connectivity index (χ4n) is 2.72. The summed E-state index contributed by atoms with van der Waals surface area (Å²) >= 11 is 0. The van der Waals surface area contributed by atoms with E-state index in [1.54, 1.807) is 18.2 Å². The number of rotatable bonds is 10. The maximum absolute atomic E-state index is 14.2. The second-order valence-corrected chi connectivity index (χ2v) is 9.01. The Hall–Kier alpha value is -2.65. The molecule has 0 saturated heterocycles. The van der Waals surface area contributed by atoms with Gasteiger partial charge in [0, 0.05) is 30.4 Å². The quantitative estimate of drug-likeness (QED) is 0.614. The molecule has 2 aromatic rings. The van der Waals surface area contributed by atoms with Crippen LogP contribution in [0.3, 0.4) is 0 Å². The highest BCUT2D eigenvalue weighted by atomic mass is 32.2. The molecule has 1 amide bonds. The van der Waals surface area contributed by atoms with Gasteiger partial charge in [-0.3, -0.25) is 4.79 Å². The van der Waals surface area contributed by atoms with Crippen LogP contribution in [0.15, 0.2) is 47.4 Å². The number of nitrogens with zero attached hydrogens (tertiary/aromatic N) is 1. The second kappa shape index (κ2) is 10.4. The predicted octanol–water partition coefficient (Wildman–Crippen LogP) is 3.52. The molecule has 30 heavy (non-hydrogen) atoms. The van der Waals surface area contributed by atoms with Gasteiger partial charge in [-0.25, -0.2) is 12.8 Å². The molecule has 164 valence electrons. The Morgan fingerprint density at radius 2 is 1.70 bits per heavy atom. The second-order valence-electron chi connectivity index (χ2n) is 7.10. The van der Waals surface area contributed by atoms with Gasteiger partial charge in [0.05, 0.1) is 20.8 Å². The molecule has 0 bridgehead atoms. The fourth-order valence-corrected chi connectivity index (χ4v) is 4.20. The molecule has 2 aromatic carbocycles. The molecule has 0 heterocycles. The van der Waals surface area contributed by atoms with E-state index in [9.17, 15) is 17.6 Å². The van der Waals surface area contributed by atoms with Gasteiger partial charge in [-0.1, -0.05) is 26.0 Å². The van der Waals surface area contributed by atoms with Crippen LogP contribution in [0.5, 0.6) is 11.5 Å². The number of sulfonamides is 1. The average molecular weight is 439 g/mol. The first-order chi connectivity index (χ1) is 14.2. The van der Waals surface area contributed by atoms with Crippen molar-refractivity contribution >= 4 is 21.6 Å². The summed E-state index contributed by atoms with van der Waals surface area (Å²) in [4.78, 5) is 12.2. The number of anilines is 1. The third kappa shape index (κ3) is 6.17. The van der Waals surface area contributed by atoms with Crippen LogP contribution in [0.25, 0.3) is 0 Å². The van der Waals surface area contributed by atoms with Crippen LogP contribution in [0, 0.1) is 11.7 Å². The van der Waals surface area contributed by atoms with Gasteiger partial charge >= 0.3 is 0 Å². The van der Waals surface area contributed by atoms with E-state index in [2.05, 4.69) is 5.32 Å². The summed E-state index contributed by atoms with van der Waals surface area (Å²) < 4.78 is 51.5. The van der Waals surface area contributed by atoms with Crippen LogP contribution in [0.2, 0.25) is 0 Å². The van der Waals surface area contributed by atoms with Crippen molar-refractivity contribution in [3.8, 4) is 11.5 Å². The number of carbonyl (C=O) groups excluding carboxylic acids is 1. The summed E-state index contributed by atoms with van der Waals surface area (Å²) in [6.07, 6.45) is 0.522. The molecule has 1 N–H and O–H groups in total. The first-order valence-electron chi connectivity index (χ1n) is 9.45. The third-order valence-corrected chi connectivity index (χ3v) is 6.24. The van der Waals surface area contributed by atoms with Gasteiger partial charge in [0.1, 0.15) is 22.2 Å². The topological polar surface area (TPSA) is 84.9 Å². The zero-order valence-corrected chi connectivity index (χ0v) is 18.3. The molecule has 0 spiro atoms. The number of hydrogen-bond donors (Lipinski definition) is 1. The smallest absolute Gasteiger partial charge is 0.246 e. The lowest BCUT2D eigenvalue weighted by molar-refractivity contribution is -0.116. The van der Waals surface area contributed by atoms with Gasteiger partial charge in [0.25, 0.3) is 0 Å². The van der Waals surface area contributed by atoms with Crippen LogP contribution >= 0.6 is 0 Å². The van der Waals surface area contributed by atoms with E-state index in [1.165, 1.54) is 32.4 Å². The van der Waals surface area contributed by atoms with Crippen molar-refractivity contribution in [2.24, 2.45) is 5.92 Å². The zero-order valence-electron chi connectivity index (χ0n) is 17.5. The lowest BCUT2D eigenvalue weighted by Crippen LogP contribution is -2.39. The summed E-state index contributed by atoms with van der Waals surface area (Å²) in [6.45, 7) is 3.51. The maximum Gasteiger partial charge on any atom is 0.246 e. The Morgan fingerprint density at radius 3 is 2.23 bits per heavy atom. The fraction of sp³-hybridized carbons (Fsp3) is 0.381. The average Bonchev–Trinajstić information content (AvgIpc) is 2.70. The lowest BCUT2D eigenvalue weighted by atomic mass is 10.1. The van der Waals surface area contributed by atoms with E-state index in [1.807, 2.05) is 13.8 Å². The molecule has 0 aromatic heterocycles. The van der Waals surface area contributed by atoms with Gasteiger partial charge < -0.3 is 14.8 Å². The van der Waals surface area contributed by atoms with Crippen LogP contribution in [0.1, 0.15) is 20.3 Å². The third-order valence-electron chi connectivity index (χ3n) is 4.37. The van der Waals surface area contributed by atoms with Crippen LogP contribution in [-0.4, -0.2) is 45.9 Å². The number of ether oxygens (including phenoxy) is 2. The van der Waals surface area contributed by atoms with E-state index in [-0.39, 0.29) is 12.5 Å². The Kier molecular flexibility index (Phi) is 8.19. The zero-order chi connectivity index (χ0) is 22.3. The largest absolute Gasteiger partial charge is 0.497 e. The van der Waals surface area contributed by atoms with Crippen molar-refractivity contribution in [1.29, 1.82) is 0 Å². The molecule has 7 nitrogen and oxygen atoms in total. The summed E-state index contributed by atoms with van der Waals surface area (Å²) in [6, 6.07) is 9.95. The molecule has 0 fully saturated rings. The summed E-state index contributed by atoms with van der Waals surface area (Å²) in [5.74, 6) is -0.270. The Morgan fingerprint density at radius 1 is 1.10 bits per heavy atom. The highest BCUT2D eigenvalue weighted by Crippen LogP contribution is 2.26. The van der Waals surface area contributed by atoms with E-state index in [4.69, 9.17) is 9.47 Å². The standard InChI is InChI=1S/C21H27FN2O5S/c1-15(2)9-10-24(30(26,27)20-8-6-5-7-19(20)22)14-21(25)23-16-11-17(28-3)13-18(12-16)29-4/h5-8,11-13,15H,9-10,14H2,1-4H3,(H,23,25). The molecular weight excluding hydrogens is 411 g/mol. The molecule has 0 atom stereocenters. The normalized spacial score (nSPS) is 11.6. The molecule has 0 aliphatic rings. The van der Waals surface area contributed by atoms with Crippen LogP contribution in [0.4, 0.5) is 10.1 Å². The van der Waals surface area contributed by atoms with Crippen molar-refractivity contribution in [3.63, 3.8) is 0 Å². The SMILES string of the molecule is COc1cc(NC(=O)CN(CCC(C)C)S(=O)(=O)c2ccccc2F)cc(OC)c1. The molecule has 0 aliphatic heterocycles. The van der Waals surface area contributed by atoms with Gasteiger partial charge in [-0.15, -0.1) is 0 Å². The first-order valence-corrected chi connectivity index (χ1v) is 10.9. The minimum absolute atomic E-state index is 0.0865. The lowest BCUT2D eigenvalue weighted by Gasteiger charge is -2.23. The molecule has 9 heteroatoms. The first kappa shape index (κ1) is 23.6. The number of benzene rings is 2. The van der Waals surface area contributed by atoms with E-state index in [0.29, 0.717) is 23.6 Å². The van der Waals surface area contributed by atoms with Crippen LogP contribution in [-0.2, 0) is 14.8 Å². The molecule has 2 rings (SSSR count). The van der Waals surface area contributed by atoms with Crippen molar-refractivity contribution < 1.29 is 27.1 Å². The van der Waals surface area contributed by atoms with Crippen molar-refractivity contribution in [1.82, 2.24) is 4.31 Å². The van der Waals surface area contributed by atoms with Gasteiger partial charge in [0.2, 0.25) is 15.9 Å². The molecule has 0 radical (unpaired) electrons. The van der Waals surface area contributed by atoms with E-state index >= 15 is 0 Å². The summed E-state index contributed by atoms with van der Waals surface area (Å²) in [5.41, 5.74) is 0.392. The number of hydrogen-bond acceptors (Lipinski definition) is 5. The highest BCUT2D eigenvalue weighted by molar-refractivity contribution is 7.89. The Balaban J connectivity index is 2.26. The van der Waals surface area contributed by atoms with Crippen molar-refractivity contribution in [2.45, 2.75) is 25.2 Å². The molecule has 0 unspecified atom stereocenters. The van der Waals surface area contributed by atoms with Gasteiger partial charge in [0.15, 0.2) is 0 Å². The molecule has 0 saturated carbocycles. The van der Waals surface area contributed by atoms with Crippen LogP contribution < -0.4 is 14.8 Å². The number of halogens is 1. The Labute approximate surface area is 176 Å². The monoisotopic (exact) mass is 438 g/mol. The summed E-state index contributed by atoms with van der Waals surface area (Å²) in [5, 5.41) is 2.65. The van der Waals surface area contributed by atoms with Gasteiger partial charge in [-0.05, 0) is 24.5 Å². The minimum Gasteiger partial charge on any atom is -0.497 e. The highest BCUT2D eigenvalue weighted by Gasteiger charge is 2.29. The molecule has 0 aliphatic carbocycles.